The van der Waals surface area contributed by atoms with Gasteiger partial charge in [-0.1, -0.05) is 30.3 Å². The zero-order chi connectivity index (χ0) is 17.8. The molecule has 0 aromatic heterocycles. The number of anilines is 2. The minimum Gasteiger partial charge on any atom is -0.485 e. The third-order valence-electron chi connectivity index (χ3n) is 3.78. The maximum atomic E-state index is 14.1. The molecule has 0 aliphatic carbocycles. The van der Waals surface area contributed by atoms with Crippen LogP contribution in [0.2, 0.25) is 0 Å². The molecule has 0 unspecified atom stereocenters. The minimum atomic E-state index is -0.953. The van der Waals surface area contributed by atoms with Crippen molar-refractivity contribution in [1.82, 2.24) is 0 Å². The summed E-state index contributed by atoms with van der Waals surface area (Å²) in [5, 5.41) is 2.95. The van der Waals surface area contributed by atoms with Crippen LogP contribution in [0.25, 0.3) is 0 Å². The second kappa shape index (κ2) is 7.30. The Labute approximate surface area is 143 Å². The van der Waals surface area contributed by atoms with Gasteiger partial charge in [0.2, 0.25) is 0 Å². The van der Waals surface area contributed by atoms with Crippen molar-refractivity contribution in [2.45, 2.75) is 13.5 Å². The molecule has 0 spiro atoms. The molecule has 0 heterocycles. The fourth-order valence-corrected chi connectivity index (χ4v) is 2.43. The summed E-state index contributed by atoms with van der Waals surface area (Å²) in [4.78, 5) is 0. The number of hydrogen-bond donors (Lipinski definition) is 1. The summed E-state index contributed by atoms with van der Waals surface area (Å²) in [7, 11) is 0. The highest BCUT2D eigenvalue weighted by molar-refractivity contribution is 5.66. The van der Waals surface area contributed by atoms with Gasteiger partial charge >= 0.3 is 0 Å². The lowest BCUT2D eigenvalue weighted by Crippen LogP contribution is -2.02. The summed E-state index contributed by atoms with van der Waals surface area (Å²) in [5.74, 6) is -2.24. The topological polar surface area (TPSA) is 21.3 Å². The van der Waals surface area contributed by atoms with Crippen molar-refractivity contribution in [3.8, 4) is 5.75 Å². The lowest BCUT2D eigenvalue weighted by atomic mass is 10.1. The quantitative estimate of drug-likeness (QED) is 0.638. The highest BCUT2D eigenvalue weighted by atomic mass is 19.2. The average molecular weight is 343 g/mol. The molecule has 0 atom stereocenters. The van der Waals surface area contributed by atoms with Gasteiger partial charge in [-0.2, -0.15) is 0 Å². The van der Waals surface area contributed by atoms with Gasteiger partial charge in [0, 0.05) is 23.0 Å². The molecule has 0 amide bonds. The Kier molecular flexibility index (Phi) is 4.93. The van der Waals surface area contributed by atoms with Crippen molar-refractivity contribution in [3.63, 3.8) is 0 Å². The Hall–Kier alpha value is -2.95. The largest absolute Gasteiger partial charge is 0.485 e. The highest BCUT2D eigenvalue weighted by Crippen LogP contribution is 2.31. The number of rotatable bonds is 5. The summed E-state index contributed by atoms with van der Waals surface area (Å²) < 4.78 is 46.1. The Balaban J connectivity index is 1.82. The summed E-state index contributed by atoms with van der Waals surface area (Å²) in [6.07, 6.45) is 0. The van der Waals surface area contributed by atoms with Gasteiger partial charge in [0.1, 0.15) is 6.61 Å². The van der Waals surface area contributed by atoms with Crippen LogP contribution in [-0.2, 0) is 6.61 Å². The molecular weight excluding hydrogens is 327 g/mol. The lowest BCUT2D eigenvalue weighted by molar-refractivity contribution is 0.288. The number of halogens is 3. The Morgan fingerprint density at radius 3 is 2.28 bits per heavy atom. The maximum absolute atomic E-state index is 14.1. The number of hydrogen-bond acceptors (Lipinski definition) is 2. The van der Waals surface area contributed by atoms with Crippen LogP contribution < -0.4 is 10.1 Å². The first-order chi connectivity index (χ1) is 12.0. The maximum Gasteiger partial charge on any atom is 0.165 e. The standard InChI is InChI=1S/C20H16F3NO/c1-13-19(24-15-7-8-16(21)18(23)11-15)10-9-17(22)20(13)25-12-14-5-3-2-4-6-14/h2-11,24H,12H2,1H3. The van der Waals surface area contributed by atoms with E-state index in [2.05, 4.69) is 5.32 Å². The van der Waals surface area contributed by atoms with Gasteiger partial charge in [-0.15, -0.1) is 0 Å². The molecule has 0 saturated carbocycles. The number of nitrogens with one attached hydrogen (secondary N) is 1. The normalized spacial score (nSPS) is 10.6. The first-order valence-corrected chi connectivity index (χ1v) is 7.72. The van der Waals surface area contributed by atoms with Gasteiger partial charge in [0.25, 0.3) is 0 Å². The lowest BCUT2D eigenvalue weighted by Gasteiger charge is -2.15. The van der Waals surface area contributed by atoms with Crippen molar-refractivity contribution in [3.05, 3.63) is 89.2 Å². The van der Waals surface area contributed by atoms with E-state index in [9.17, 15) is 13.2 Å². The van der Waals surface area contributed by atoms with Gasteiger partial charge in [-0.3, -0.25) is 0 Å². The van der Waals surface area contributed by atoms with Crippen LogP contribution in [-0.4, -0.2) is 0 Å². The second-order valence-corrected chi connectivity index (χ2v) is 5.58. The van der Waals surface area contributed by atoms with Crippen molar-refractivity contribution in [2.24, 2.45) is 0 Å². The SMILES string of the molecule is Cc1c(Nc2ccc(F)c(F)c2)ccc(F)c1OCc1ccccc1. The molecule has 0 aliphatic heterocycles. The van der Waals surface area contributed by atoms with Gasteiger partial charge in [-0.25, -0.2) is 13.2 Å². The first-order valence-electron chi connectivity index (χ1n) is 7.72. The first kappa shape index (κ1) is 16.9. The molecule has 0 fully saturated rings. The van der Waals surface area contributed by atoms with Crippen LogP contribution in [0.4, 0.5) is 24.5 Å². The molecule has 0 saturated heterocycles. The fourth-order valence-electron chi connectivity index (χ4n) is 2.43. The van der Waals surface area contributed by atoms with Crippen LogP contribution >= 0.6 is 0 Å². The number of benzene rings is 3. The van der Waals surface area contributed by atoms with E-state index in [0.717, 1.165) is 17.7 Å². The van der Waals surface area contributed by atoms with Gasteiger partial charge < -0.3 is 10.1 Å². The van der Waals surface area contributed by atoms with E-state index >= 15 is 0 Å². The fraction of sp³-hybridized carbons (Fsp3) is 0.100. The van der Waals surface area contributed by atoms with Crippen molar-refractivity contribution < 1.29 is 17.9 Å². The Morgan fingerprint density at radius 2 is 1.56 bits per heavy atom. The number of ether oxygens (including phenoxy) is 1. The smallest absolute Gasteiger partial charge is 0.165 e. The van der Waals surface area contributed by atoms with E-state index in [1.165, 1.54) is 18.2 Å². The van der Waals surface area contributed by atoms with Crippen molar-refractivity contribution in [1.29, 1.82) is 0 Å². The Bertz CT molecular complexity index is 882. The van der Waals surface area contributed by atoms with E-state index in [4.69, 9.17) is 4.74 Å². The summed E-state index contributed by atoms with van der Waals surface area (Å²) >= 11 is 0. The molecule has 0 bridgehead atoms. The van der Waals surface area contributed by atoms with Crippen LogP contribution in [0.3, 0.4) is 0 Å². The van der Waals surface area contributed by atoms with Crippen molar-refractivity contribution >= 4 is 11.4 Å². The molecule has 128 valence electrons. The molecule has 3 aromatic carbocycles. The zero-order valence-corrected chi connectivity index (χ0v) is 13.5. The summed E-state index contributed by atoms with van der Waals surface area (Å²) in [6, 6.07) is 15.7. The molecular formula is C20H16F3NO. The second-order valence-electron chi connectivity index (χ2n) is 5.58. The molecule has 1 N–H and O–H groups in total. The molecule has 25 heavy (non-hydrogen) atoms. The van der Waals surface area contributed by atoms with Crippen LogP contribution in [0.15, 0.2) is 60.7 Å². The van der Waals surface area contributed by atoms with Gasteiger partial charge in [0.15, 0.2) is 23.2 Å². The molecule has 2 nitrogen and oxygen atoms in total. The van der Waals surface area contributed by atoms with Crippen LogP contribution in [0, 0.1) is 24.4 Å². The summed E-state index contributed by atoms with van der Waals surface area (Å²) in [5.41, 5.74) is 2.37. The molecule has 5 heteroatoms. The third-order valence-corrected chi connectivity index (χ3v) is 3.78. The van der Waals surface area contributed by atoms with E-state index in [1.54, 1.807) is 6.92 Å². The van der Waals surface area contributed by atoms with E-state index in [1.807, 2.05) is 30.3 Å². The van der Waals surface area contributed by atoms with Gasteiger partial charge in [-0.05, 0) is 36.8 Å². The predicted octanol–water partition coefficient (Wildman–Crippen LogP) is 5.73. The van der Waals surface area contributed by atoms with Gasteiger partial charge in [0.05, 0.1) is 0 Å². The molecule has 0 aliphatic rings. The average Bonchev–Trinajstić information content (AvgIpc) is 2.61. The van der Waals surface area contributed by atoms with E-state index < -0.39 is 17.5 Å². The van der Waals surface area contributed by atoms with Crippen molar-refractivity contribution in [2.75, 3.05) is 5.32 Å². The summed E-state index contributed by atoms with van der Waals surface area (Å²) in [6.45, 7) is 1.93. The zero-order valence-electron chi connectivity index (χ0n) is 13.5. The van der Waals surface area contributed by atoms with E-state index in [0.29, 0.717) is 16.9 Å². The molecule has 3 rings (SSSR count). The van der Waals surface area contributed by atoms with E-state index in [-0.39, 0.29) is 12.4 Å². The molecule has 0 radical (unpaired) electrons. The minimum absolute atomic E-state index is 0.122. The van der Waals surface area contributed by atoms with Crippen LogP contribution in [0.5, 0.6) is 5.75 Å². The van der Waals surface area contributed by atoms with Crippen LogP contribution in [0.1, 0.15) is 11.1 Å². The predicted molar refractivity (Wildman–Crippen MR) is 91.6 cm³/mol. The highest BCUT2D eigenvalue weighted by Gasteiger charge is 2.13. The molecule has 3 aromatic rings. The monoisotopic (exact) mass is 343 g/mol. The third kappa shape index (κ3) is 3.94. The Morgan fingerprint density at radius 1 is 0.840 bits per heavy atom.